The van der Waals surface area contributed by atoms with E-state index < -0.39 is 5.97 Å². The van der Waals surface area contributed by atoms with Crippen molar-refractivity contribution in [1.29, 1.82) is 0 Å². The number of anilines is 1. The second-order valence-corrected chi connectivity index (χ2v) is 4.59. The van der Waals surface area contributed by atoms with Gasteiger partial charge in [-0.25, -0.2) is 4.79 Å². The number of rotatable bonds is 4. The van der Waals surface area contributed by atoms with Gasteiger partial charge in [0.15, 0.2) is 0 Å². The first kappa shape index (κ1) is 13.2. The molecule has 19 heavy (non-hydrogen) atoms. The Morgan fingerprint density at radius 2 is 2.00 bits per heavy atom. The lowest BCUT2D eigenvalue weighted by molar-refractivity contribution is 0.0698. The van der Waals surface area contributed by atoms with E-state index in [0.29, 0.717) is 5.69 Å². The highest BCUT2D eigenvalue weighted by Crippen LogP contribution is 2.26. The Morgan fingerprint density at radius 1 is 1.32 bits per heavy atom. The average molecular weight is 259 g/mol. The Balaban J connectivity index is 2.26. The molecule has 100 valence electrons. The molecular weight excluding hydrogens is 242 g/mol. The first-order valence-electron chi connectivity index (χ1n) is 6.15. The second-order valence-electron chi connectivity index (χ2n) is 4.59. The first-order valence-corrected chi connectivity index (χ1v) is 6.15. The van der Waals surface area contributed by atoms with Crippen molar-refractivity contribution in [3.05, 3.63) is 53.0 Å². The predicted molar refractivity (Wildman–Crippen MR) is 73.6 cm³/mol. The summed E-state index contributed by atoms with van der Waals surface area (Å²) in [7, 11) is 0. The third kappa shape index (κ3) is 2.78. The van der Waals surface area contributed by atoms with Gasteiger partial charge < -0.3 is 14.8 Å². The number of carbonyl (C=O) groups is 1. The predicted octanol–water partition coefficient (Wildman–Crippen LogP) is 3.77. The van der Waals surface area contributed by atoms with E-state index in [1.807, 2.05) is 32.9 Å². The van der Waals surface area contributed by atoms with Gasteiger partial charge in [0, 0.05) is 11.3 Å². The molecular formula is C15H17NO3. The fourth-order valence-corrected chi connectivity index (χ4v) is 2.19. The number of benzene rings is 1. The van der Waals surface area contributed by atoms with Crippen LogP contribution >= 0.6 is 0 Å². The molecule has 0 fully saturated rings. The Bertz CT molecular complexity index is 601. The smallest absolute Gasteiger partial charge is 0.337 e. The van der Waals surface area contributed by atoms with Crippen LogP contribution in [0.25, 0.3) is 0 Å². The van der Waals surface area contributed by atoms with Crippen LogP contribution in [0.1, 0.15) is 40.4 Å². The Kier molecular flexibility index (Phi) is 3.60. The van der Waals surface area contributed by atoms with Crippen molar-refractivity contribution in [3.63, 3.8) is 0 Å². The maximum absolute atomic E-state index is 11.2. The van der Waals surface area contributed by atoms with Gasteiger partial charge in [-0.15, -0.1) is 0 Å². The van der Waals surface area contributed by atoms with Gasteiger partial charge in [-0.05, 0) is 39.0 Å². The van der Waals surface area contributed by atoms with Crippen LogP contribution in [-0.4, -0.2) is 11.1 Å². The van der Waals surface area contributed by atoms with Crippen LogP contribution in [0.3, 0.4) is 0 Å². The molecule has 0 amide bonds. The summed E-state index contributed by atoms with van der Waals surface area (Å²) in [6.07, 6.45) is 0. The number of carboxylic acid groups (broad SMARTS) is 1. The van der Waals surface area contributed by atoms with Gasteiger partial charge in [0.2, 0.25) is 0 Å². The van der Waals surface area contributed by atoms with Crippen molar-refractivity contribution in [2.45, 2.75) is 26.8 Å². The van der Waals surface area contributed by atoms with E-state index in [2.05, 4.69) is 5.32 Å². The fourth-order valence-electron chi connectivity index (χ4n) is 2.19. The zero-order chi connectivity index (χ0) is 14.0. The highest BCUT2D eigenvalue weighted by Gasteiger charge is 2.15. The highest BCUT2D eigenvalue weighted by molar-refractivity contribution is 5.94. The van der Waals surface area contributed by atoms with Crippen molar-refractivity contribution in [2.75, 3.05) is 5.32 Å². The number of para-hydroxylation sites is 1. The summed E-state index contributed by atoms with van der Waals surface area (Å²) < 4.78 is 5.49. The van der Waals surface area contributed by atoms with Crippen LogP contribution < -0.4 is 5.32 Å². The van der Waals surface area contributed by atoms with E-state index in [-0.39, 0.29) is 11.6 Å². The number of furan rings is 1. The van der Waals surface area contributed by atoms with Gasteiger partial charge in [0.05, 0.1) is 11.6 Å². The largest absolute Gasteiger partial charge is 0.478 e. The van der Waals surface area contributed by atoms with E-state index in [9.17, 15) is 4.79 Å². The zero-order valence-corrected chi connectivity index (χ0v) is 11.2. The minimum atomic E-state index is -0.935. The topological polar surface area (TPSA) is 62.5 Å². The molecule has 1 aromatic carbocycles. The molecule has 1 atom stereocenters. The fraction of sp³-hybridized carbons (Fsp3) is 0.267. The lowest BCUT2D eigenvalue weighted by atomic mass is 10.1. The molecule has 0 radical (unpaired) electrons. The van der Waals surface area contributed by atoms with E-state index in [0.717, 1.165) is 17.1 Å². The monoisotopic (exact) mass is 259 g/mol. The van der Waals surface area contributed by atoms with Gasteiger partial charge >= 0.3 is 5.97 Å². The molecule has 0 saturated heterocycles. The first-order chi connectivity index (χ1) is 8.99. The van der Waals surface area contributed by atoms with Crippen LogP contribution in [0, 0.1) is 13.8 Å². The molecule has 0 aliphatic rings. The van der Waals surface area contributed by atoms with E-state index in [4.69, 9.17) is 9.52 Å². The summed E-state index contributed by atoms with van der Waals surface area (Å²) in [5, 5.41) is 12.4. The quantitative estimate of drug-likeness (QED) is 0.877. The molecule has 2 N–H and O–H groups in total. The molecule has 1 unspecified atom stereocenters. The average Bonchev–Trinajstić information content (AvgIpc) is 2.69. The standard InChI is InChI=1S/C15H17NO3/c1-9-8-13(11(3)19-9)10(2)16-14-7-5-4-6-12(14)15(17)18/h4-8,10,16H,1-3H3,(H,17,18). The van der Waals surface area contributed by atoms with Gasteiger partial charge in [0.1, 0.15) is 11.5 Å². The Labute approximate surface area is 112 Å². The minimum absolute atomic E-state index is 0.0158. The summed E-state index contributed by atoms with van der Waals surface area (Å²) in [5.41, 5.74) is 1.92. The second kappa shape index (κ2) is 5.18. The molecule has 0 aliphatic carbocycles. The van der Waals surface area contributed by atoms with Gasteiger partial charge in [0.25, 0.3) is 0 Å². The molecule has 0 bridgehead atoms. The molecule has 2 aromatic rings. The zero-order valence-electron chi connectivity index (χ0n) is 11.2. The summed E-state index contributed by atoms with van der Waals surface area (Å²) in [6, 6.07) is 8.84. The normalized spacial score (nSPS) is 12.2. The molecule has 4 heteroatoms. The molecule has 0 saturated carbocycles. The van der Waals surface area contributed by atoms with E-state index >= 15 is 0 Å². The third-order valence-corrected chi connectivity index (χ3v) is 3.08. The van der Waals surface area contributed by atoms with Crippen molar-refractivity contribution in [1.82, 2.24) is 0 Å². The molecule has 0 spiro atoms. The van der Waals surface area contributed by atoms with Crippen LogP contribution in [-0.2, 0) is 0 Å². The van der Waals surface area contributed by atoms with Crippen LogP contribution in [0.15, 0.2) is 34.7 Å². The summed E-state index contributed by atoms with van der Waals surface area (Å²) in [5.74, 6) is 0.772. The maximum Gasteiger partial charge on any atom is 0.337 e. The van der Waals surface area contributed by atoms with E-state index in [1.54, 1.807) is 18.2 Å². The van der Waals surface area contributed by atoms with Gasteiger partial charge in [-0.3, -0.25) is 0 Å². The van der Waals surface area contributed by atoms with Crippen molar-refractivity contribution >= 4 is 11.7 Å². The number of carboxylic acids is 1. The van der Waals surface area contributed by atoms with Crippen molar-refractivity contribution < 1.29 is 14.3 Å². The summed E-state index contributed by atoms with van der Waals surface area (Å²) in [6.45, 7) is 5.79. The third-order valence-electron chi connectivity index (χ3n) is 3.08. The van der Waals surface area contributed by atoms with Gasteiger partial charge in [-0.2, -0.15) is 0 Å². The number of aromatic carboxylic acids is 1. The van der Waals surface area contributed by atoms with Crippen LogP contribution in [0.4, 0.5) is 5.69 Å². The number of hydrogen-bond acceptors (Lipinski definition) is 3. The molecule has 2 rings (SSSR count). The maximum atomic E-state index is 11.2. The SMILES string of the molecule is Cc1cc(C(C)Nc2ccccc2C(=O)O)c(C)o1. The Morgan fingerprint density at radius 3 is 2.58 bits per heavy atom. The lowest BCUT2D eigenvalue weighted by Gasteiger charge is -2.16. The molecule has 0 aliphatic heterocycles. The summed E-state index contributed by atoms with van der Waals surface area (Å²) in [4.78, 5) is 11.2. The van der Waals surface area contributed by atoms with Crippen molar-refractivity contribution in [2.24, 2.45) is 0 Å². The molecule has 1 aromatic heterocycles. The number of aryl methyl sites for hydroxylation is 2. The van der Waals surface area contributed by atoms with Gasteiger partial charge in [-0.1, -0.05) is 12.1 Å². The Hall–Kier alpha value is -2.23. The summed E-state index contributed by atoms with van der Waals surface area (Å²) >= 11 is 0. The molecule has 1 heterocycles. The minimum Gasteiger partial charge on any atom is -0.478 e. The van der Waals surface area contributed by atoms with Crippen molar-refractivity contribution in [3.8, 4) is 0 Å². The van der Waals surface area contributed by atoms with Crippen LogP contribution in [0.5, 0.6) is 0 Å². The highest BCUT2D eigenvalue weighted by atomic mass is 16.4. The number of nitrogens with one attached hydrogen (secondary N) is 1. The molecule has 4 nitrogen and oxygen atoms in total. The van der Waals surface area contributed by atoms with Crippen LogP contribution in [0.2, 0.25) is 0 Å². The lowest BCUT2D eigenvalue weighted by Crippen LogP contribution is -2.10. The van der Waals surface area contributed by atoms with E-state index in [1.165, 1.54) is 0 Å². The number of hydrogen-bond donors (Lipinski definition) is 2.